The van der Waals surface area contributed by atoms with E-state index in [0.29, 0.717) is 0 Å². The highest BCUT2D eigenvalue weighted by Gasteiger charge is 1.91. The van der Waals surface area contributed by atoms with Crippen molar-refractivity contribution in [1.29, 1.82) is 0 Å². The van der Waals surface area contributed by atoms with Gasteiger partial charge in [0, 0.05) is 13.1 Å². The van der Waals surface area contributed by atoms with Crippen LogP contribution in [0.5, 0.6) is 0 Å². The second-order valence-corrected chi connectivity index (χ2v) is 1.51. The molecule has 1 saturated heterocycles. The summed E-state index contributed by atoms with van der Waals surface area (Å²) in [4.78, 5) is 0. The Kier molecular flexibility index (Phi) is 2.12. The largest absolute Gasteiger partial charge is 0.244 e. The summed E-state index contributed by atoms with van der Waals surface area (Å²) in [6.45, 7) is 1.97. The normalized spacial score (nSPS) is 24.0. The maximum absolute atomic E-state index is 2.95. The van der Waals surface area contributed by atoms with E-state index < -0.39 is 0 Å². The second kappa shape index (κ2) is 2.96. The predicted octanol–water partition coefficient (Wildman–Crippen LogP) is -0.807. The molecule has 0 aromatic carbocycles. The maximum atomic E-state index is 2.95. The third kappa shape index (κ3) is 1.87. The average molecular weight is 100 g/mol. The van der Waals surface area contributed by atoms with Crippen molar-refractivity contribution in [1.82, 2.24) is 16.4 Å². The SMILES string of the molecule is [CH]1CCNNNC1. The van der Waals surface area contributed by atoms with E-state index in [0.717, 1.165) is 19.5 Å². The van der Waals surface area contributed by atoms with E-state index in [-0.39, 0.29) is 0 Å². The van der Waals surface area contributed by atoms with Gasteiger partial charge in [-0.25, -0.2) is 10.9 Å². The van der Waals surface area contributed by atoms with Crippen LogP contribution in [0.25, 0.3) is 0 Å². The van der Waals surface area contributed by atoms with Crippen LogP contribution in [0.4, 0.5) is 0 Å². The molecule has 0 aliphatic carbocycles. The molecule has 0 bridgehead atoms. The van der Waals surface area contributed by atoms with E-state index in [4.69, 9.17) is 0 Å². The van der Waals surface area contributed by atoms with Crippen molar-refractivity contribution in [3.8, 4) is 0 Å². The molecule has 0 spiro atoms. The lowest BCUT2D eigenvalue weighted by Crippen LogP contribution is -2.41. The Balaban J connectivity index is 2.04. The molecule has 7 heavy (non-hydrogen) atoms. The first kappa shape index (κ1) is 5.03. The van der Waals surface area contributed by atoms with Crippen LogP contribution in [0.3, 0.4) is 0 Å². The minimum atomic E-state index is 0.951. The number of nitrogens with one attached hydrogen (secondary N) is 3. The van der Waals surface area contributed by atoms with Crippen LogP contribution in [-0.2, 0) is 0 Å². The number of rotatable bonds is 0. The summed E-state index contributed by atoms with van der Waals surface area (Å²) in [6, 6.07) is 0. The monoisotopic (exact) mass is 100 g/mol. The summed E-state index contributed by atoms with van der Waals surface area (Å²) >= 11 is 0. The van der Waals surface area contributed by atoms with E-state index in [2.05, 4.69) is 22.8 Å². The molecule has 1 radical (unpaired) electrons. The molecular formula is C4H10N3. The zero-order valence-corrected chi connectivity index (χ0v) is 4.20. The molecule has 0 aromatic rings. The zero-order valence-electron chi connectivity index (χ0n) is 4.20. The molecule has 3 heteroatoms. The molecule has 1 aliphatic heterocycles. The van der Waals surface area contributed by atoms with Gasteiger partial charge in [0.1, 0.15) is 0 Å². The highest BCUT2D eigenvalue weighted by Crippen LogP contribution is 1.81. The predicted molar refractivity (Wildman–Crippen MR) is 28.1 cm³/mol. The van der Waals surface area contributed by atoms with Crippen molar-refractivity contribution in [2.75, 3.05) is 13.1 Å². The summed E-state index contributed by atoms with van der Waals surface area (Å²) in [5.41, 5.74) is 8.70. The molecule has 1 rings (SSSR count). The lowest BCUT2D eigenvalue weighted by atomic mass is 10.3. The van der Waals surface area contributed by atoms with Gasteiger partial charge in [0.25, 0.3) is 0 Å². The Labute approximate surface area is 43.4 Å². The molecule has 0 unspecified atom stereocenters. The van der Waals surface area contributed by atoms with Gasteiger partial charge in [0.15, 0.2) is 0 Å². The van der Waals surface area contributed by atoms with Crippen LogP contribution in [0, 0.1) is 6.42 Å². The van der Waals surface area contributed by atoms with E-state index in [9.17, 15) is 0 Å². The molecule has 1 aliphatic rings. The van der Waals surface area contributed by atoms with Crippen molar-refractivity contribution in [2.45, 2.75) is 6.42 Å². The summed E-state index contributed by atoms with van der Waals surface area (Å²) < 4.78 is 0. The van der Waals surface area contributed by atoms with Crippen LogP contribution in [0.1, 0.15) is 6.42 Å². The van der Waals surface area contributed by atoms with E-state index in [1.165, 1.54) is 0 Å². The fourth-order valence-corrected chi connectivity index (χ4v) is 0.524. The number of hydrazine groups is 2. The Bertz CT molecular complexity index is 26.5. The first-order valence-corrected chi connectivity index (χ1v) is 2.52. The van der Waals surface area contributed by atoms with Crippen molar-refractivity contribution in [2.24, 2.45) is 0 Å². The standard InChI is InChI=1S/C4H10N3/c1-2-4-6-7-5-3-1/h1,5-7H,2-4H2. The van der Waals surface area contributed by atoms with E-state index >= 15 is 0 Å². The van der Waals surface area contributed by atoms with Gasteiger partial charge in [-0.15, -0.1) is 0 Å². The van der Waals surface area contributed by atoms with Gasteiger partial charge in [-0.2, -0.15) is 5.53 Å². The fourth-order valence-electron chi connectivity index (χ4n) is 0.524. The molecule has 3 nitrogen and oxygen atoms in total. The summed E-state index contributed by atoms with van der Waals surface area (Å²) in [5, 5.41) is 0. The first-order chi connectivity index (χ1) is 3.50. The van der Waals surface area contributed by atoms with Crippen molar-refractivity contribution >= 4 is 0 Å². The molecule has 1 heterocycles. The lowest BCUT2D eigenvalue weighted by molar-refractivity contribution is 0.482. The van der Waals surface area contributed by atoms with Crippen LogP contribution in [0.15, 0.2) is 0 Å². The van der Waals surface area contributed by atoms with Gasteiger partial charge < -0.3 is 0 Å². The Morgan fingerprint density at radius 2 is 2.29 bits per heavy atom. The van der Waals surface area contributed by atoms with Gasteiger partial charge >= 0.3 is 0 Å². The quantitative estimate of drug-likeness (QED) is 0.373. The van der Waals surface area contributed by atoms with Gasteiger partial charge in [0.05, 0.1) is 0 Å². The van der Waals surface area contributed by atoms with E-state index in [1.54, 1.807) is 0 Å². The topological polar surface area (TPSA) is 36.1 Å². The minimum absolute atomic E-state index is 0.951. The second-order valence-electron chi connectivity index (χ2n) is 1.51. The maximum Gasteiger partial charge on any atom is 0.0145 e. The van der Waals surface area contributed by atoms with E-state index in [1.807, 2.05) is 0 Å². The third-order valence-corrected chi connectivity index (χ3v) is 0.897. The van der Waals surface area contributed by atoms with Crippen LogP contribution >= 0.6 is 0 Å². The van der Waals surface area contributed by atoms with Crippen molar-refractivity contribution in [3.63, 3.8) is 0 Å². The number of hydrogen-bond donors (Lipinski definition) is 3. The highest BCUT2D eigenvalue weighted by molar-refractivity contribution is 4.68. The molecular weight excluding hydrogens is 90.1 g/mol. The van der Waals surface area contributed by atoms with Crippen molar-refractivity contribution < 1.29 is 0 Å². The molecule has 3 N–H and O–H groups in total. The lowest BCUT2D eigenvalue weighted by Gasteiger charge is -1.97. The Morgan fingerprint density at radius 3 is 3.29 bits per heavy atom. The zero-order chi connectivity index (χ0) is 4.95. The minimum Gasteiger partial charge on any atom is -0.244 e. The van der Waals surface area contributed by atoms with Gasteiger partial charge in [-0.1, -0.05) is 0 Å². The Hall–Kier alpha value is -0.120. The molecule has 41 valence electrons. The van der Waals surface area contributed by atoms with Gasteiger partial charge in [-0.05, 0) is 12.8 Å². The third-order valence-electron chi connectivity index (χ3n) is 0.897. The van der Waals surface area contributed by atoms with Gasteiger partial charge in [-0.3, -0.25) is 0 Å². The number of hydrogen-bond acceptors (Lipinski definition) is 3. The highest BCUT2D eigenvalue weighted by atomic mass is 15.6. The molecule has 1 fully saturated rings. The Morgan fingerprint density at radius 1 is 1.29 bits per heavy atom. The molecule has 0 amide bonds. The van der Waals surface area contributed by atoms with Crippen LogP contribution < -0.4 is 16.4 Å². The molecule has 0 aromatic heterocycles. The fraction of sp³-hybridized carbons (Fsp3) is 0.750. The van der Waals surface area contributed by atoms with Gasteiger partial charge in [0.2, 0.25) is 0 Å². The molecule has 0 atom stereocenters. The molecule has 0 saturated carbocycles. The summed E-state index contributed by atoms with van der Waals surface area (Å²) in [7, 11) is 0. The first-order valence-electron chi connectivity index (χ1n) is 2.52. The summed E-state index contributed by atoms with van der Waals surface area (Å²) in [5.74, 6) is 0. The van der Waals surface area contributed by atoms with Crippen molar-refractivity contribution in [3.05, 3.63) is 6.42 Å². The summed E-state index contributed by atoms with van der Waals surface area (Å²) in [6.07, 6.45) is 3.33. The average Bonchev–Trinajstić information content (AvgIpc) is 1.90. The smallest absolute Gasteiger partial charge is 0.0145 e. The van der Waals surface area contributed by atoms with Crippen LogP contribution in [-0.4, -0.2) is 13.1 Å². The van der Waals surface area contributed by atoms with Crippen LogP contribution in [0.2, 0.25) is 0 Å².